The summed E-state index contributed by atoms with van der Waals surface area (Å²) in [6.07, 6.45) is 4.24. The Morgan fingerprint density at radius 3 is 2.70 bits per heavy atom. The molecule has 0 spiro atoms. The molecular formula is C15H19N3O2. The maximum atomic E-state index is 11.9. The zero-order valence-electron chi connectivity index (χ0n) is 11.4. The van der Waals surface area contributed by atoms with E-state index in [1.807, 2.05) is 24.3 Å². The number of nitrogens with two attached hydrogens (primary N) is 1. The average molecular weight is 273 g/mol. The lowest BCUT2D eigenvalue weighted by atomic mass is 9.89. The molecule has 1 heterocycles. The van der Waals surface area contributed by atoms with Gasteiger partial charge in [0.15, 0.2) is 0 Å². The van der Waals surface area contributed by atoms with Crippen molar-refractivity contribution >= 4 is 17.5 Å². The summed E-state index contributed by atoms with van der Waals surface area (Å²) in [5.74, 6) is -0.211. The van der Waals surface area contributed by atoms with Crippen LogP contribution in [0.2, 0.25) is 0 Å². The van der Waals surface area contributed by atoms with Crippen LogP contribution in [0.4, 0.5) is 5.69 Å². The van der Waals surface area contributed by atoms with Gasteiger partial charge in [-0.1, -0.05) is 25.0 Å². The monoisotopic (exact) mass is 273 g/mol. The van der Waals surface area contributed by atoms with Crippen LogP contribution in [0.3, 0.4) is 0 Å². The van der Waals surface area contributed by atoms with Crippen molar-refractivity contribution < 1.29 is 9.59 Å². The molecule has 1 aliphatic heterocycles. The average Bonchev–Trinajstić information content (AvgIpc) is 2.90. The van der Waals surface area contributed by atoms with Crippen LogP contribution in [-0.4, -0.2) is 24.9 Å². The van der Waals surface area contributed by atoms with E-state index in [-0.39, 0.29) is 30.4 Å². The van der Waals surface area contributed by atoms with Crippen LogP contribution >= 0.6 is 0 Å². The first-order valence-corrected chi connectivity index (χ1v) is 7.05. The quantitative estimate of drug-likeness (QED) is 0.840. The molecule has 5 nitrogen and oxygen atoms in total. The Hall–Kier alpha value is -1.88. The van der Waals surface area contributed by atoms with E-state index in [0.29, 0.717) is 0 Å². The molecule has 0 unspecified atom stereocenters. The molecular weight excluding hydrogens is 254 g/mol. The van der Waals surface area contributed by atoms with Crippen LogP contribution < -0.4 is 16.0 Å². The Morgan fingerprint density at radius 1 is 1.20 bits per heavy atom. The lowest BCUT2D eigenvalue weighted by molar-refractivity contribution is -0.128. The lowest BCUT2D eigenvalue weighted by Crippen LogP contribution is -2.51. The zero-order chi connectivity index (χ0) is 14.2. The van der Waals surface area contributed by atoms with Crippen molar-refractivity contribution in [2.45, 2.75) is 31.2 Å². The van der Waals surface area contributed by atoms with Crippen molar-refractivity contribution in [3.63, 3.8) is 0 Å². The highest BCUT2D eigenvalue weighted by atomic mass is 16.2. The van der Waals surface area contributed by atoms with Crippen molar-refractivity contribution in [1.82, 2.24) is 5.32 Å². The predicted octanol–water partition coefficient (Wildman–Crippen LogP) is 0.877. The molecule has 1 aliphatic carbocycles. The first-order chi connectivity index (χ1) is 9.58. The smallest absolute Gasteiger partial charge is 0.246 e. The third kappa shape index (κ3) is 2.29. The van der Waals surface area contributed by atoms with Gasteiger partial charge in [0, 0.05) is 11.2 Å². The fraction of sp³-hybridized carbons (Fsp3) is 0.467. The van der Waals surface area contributed by atoms with E-state index < -0.39 is 0 Å². The fourth-order valence-corrected chi connectivity index (χ4v) is 3.07. The summed E-state index contributed by atoms with van der Waals surface area (Å²) in [4.78, 5) is 24.9. The maximum absolute atomic E-state index is 11.9. The van der Waals surface area contributed by atoms with Crippen molar-refractivity contribution in [2.75, 3.05) is 18.0 Å². The number of benzene rings is 1. The molecule has 1 aromatic rings. The number of piperazine rings is 1. The van der Waals surface area contributed by atoms with Gasteiger partial charge in [-0.05, 0) is 30.5 Å². The van der Waals surface area contributed by atoms with Gasteiger partial charge in [0.2, 0.25) is 11.8 Å². The topological polar surface area (TPSA) is 75.4 Å². The molecule has 2 aliphatic rings. The number of rotatable bonds is 2. The summed E-state index contributed by atoms with van der Waals surface area (Å²) in [5.41, 5.74) is 8.00. The van der Waals surface area contributed by atoms with Gasteiger partial charge in [-0.25, -0.2) is 0 Å². The van der Waals surface area contributed by atoms with Gasteiger partial charge in [0.25, 0.3) is 0 Å². The van der Waals surface area contributed by atoms with Crippen molar-refractivity contribution in [3.05, 3.63) is 29.8 Å². The van der Waals surface area contributed by atoms with E-state index in [1.54, 1.807) is 0 Å². The second-order valence-electron chi connectivity index (χ2n) is 5.67. The van der Waals surface area contributed by atoms with Gasteiger partial charge in [0.05, 0.1) is 6.54 Å². The second kappa shape index (κ2) is 4.90. The maximum Gasteiger partial charge on any atom is 0.246 e. The van der Waals surface area contributed by atoms with Crippen LogP contribution in [-0.2, 0) is 15.1 Å². The molecule has 5 heteroatoms. The predicted molar refractivity (Wildman–Crippen MR) is 76.1 cm³/mol. The van der Waals surface area contributed by atoms with E-state index in [0.717, 1.165) is 36.9 Å². The molecule has 3 N–H and O–H groups in total. The van der Waals surface area contributed by atoms with Gasteiger partial charge in [0.1, 0.15) is 6.54 Å². The minimum atomic E-state index is -0.281. The van der Waals surface area contributed by atoms with Crippen LogP contribution in [0.5, 0.6) is 0 Å². The molecule has 1 saturated carbocycles. The molecule has 2 amide bonds. The zero-order valence-corrected chi connectivity index (χ0v) is 11.4. The number of nitrogens with zero attached hydrogens (tertiary/aromatic N) is 1. The van der Waals surface area contributed by atoms with Crippen LogP contribution in [0.1, 0.15) is 31.2 Å². The largest absolute Gasteiger partial charge is 0.345 e. The first-order valence-electron chi connectivity index (χ1n) is 7.05. The molecule has 106 valence electrons. The summed E-state index contributed by atoms with van der Waals surface area (Å²) >= 11 is 0. The van der Waals surface area contributed by atoms with E-state index in [4.69, 9.17) is 5.73 Å². The Kier molecular flexibility index (Phi) is 3.22. The molecule has 20 heavy (non-hydrogen) atoms. The van der Waals surface area contributed by atoms with Crippen LogP contribution in [0, 0.1) is 0 Å². The number of amides is 2. The minimum absolute atomic E-state index is 0.0663. The van der Waals surface area contributed by atoms with E-state index >= 15 is 0 Å². The molecule has 0 radical (unpaired) electrons. The Labute approximate surface area is 118 Å². The Bertz CT molecular complexity index is 550. The van der Waals surface area contributed by atoms with Crippen molar-refractivity contribution in [1.29, 1.82) is 0 Å². The van der Waals surface area contributed by atoms with Gasteiger partial charge < -0.3 is 16.0 Å². The Morgan fingerprint density at radius 2 is 1.95 bits per heavy atom. The summed E-state index contributed by atoms with van der Waals surface area (Å²) in [7, 11) is 0. The van der Waals surface area contributed by atoms with Crippen LogP contribution in [0.15, 0.2) is 24.3 Å². The normalized spacial score (nSPS) is 21.9. The third-order valence-corrected chi connectivity index (χ3v) is 4.27. The third-order valence-electron chi connectivity index (χ3n) is 4.27. The minimum Gasteiger partial charge on any atom is -0.345 e. The molecule has 1 saturated heterocycles. The summed E-state index contributed by atoms with van der Waals surface area (Å²) in [5, 5.41) is 2.55. The SMILES string of the molecule is NC1(c2cccc(N3CC(=O)NCC3=O)c2)CCCC1. The van der Waals surface area contributed by atoms with Gasteiger partial charge in [-0.2, -0.15) is 0 Å². The molecule has 2 fully saturated rings. The summed E-state index contributed by atoms with van der Waals surface area (Å²) < 4.78 is 0. The fourth-order valence-electron chi connectivity index (χ4n) is 3.07. The highest BCUT2D eigenvalue weighted by Gasteiger charge is 2.32. The summed E-state index contributed by atoms with van der Waals surface area (Å²) in [6, 6.07) is 7.75. The Balaban J connectivity index is 1.91. The number of nitrogens with one attached hydrogen (secondary N) is 1. The molecule has 3 rings (SSSR count). The van der Waals surface area contributed by atoms with E-state index in [1.165, 1.54) is 4.90 Å². The molecule has 0 bridgehead atoms. The summed E-state index contributed by atoms with van der Waals surface area (Å²) in [6.45, 7) is 0.149. The standard InChI is InChI=1S/C15H19N3O2/c16-15(6-1-2-7-15)11-4-3-5-12(8-11)18-10-13(19)17-9-14(18)20/h3-5,8H,1-2,6-7,9-10,16H2,(H,17,19). The number of carbonyl (C=O) groups is 2. The lowest BCUT2D eigenvalue weighted by Gasteiger charge is -2.29. The molecule has 0 aromatic heterocycles. The van der Waals surface area contributed by atoms with Crippen molar-refractivity contribution in [2.24, 2.45) is 5.73 Å². The van der Waals surface area contributed by atoms with Gasteiger partial charge in [-0.15, -0.1) is 0 Å². The van der Waals surface area contributed by atoms with Gasteiger partial charge in [-0.3, -0.25) is 9.59 Å². The number of anilines is 1. The number of hydrogen-bond acceptors (Lipinski definition) is 3. The van der Waals surface area contributed by atoms with Crippen LogP contribution in [0.25, 0.3) is 0 Å². The number of hydrogen-bond donors (Lipinski definition) is 2. The molecule has 0 atom stereocenters. The molecule has 1 aromatic carbocycles. The second-order valence-corrected chi connectivity index (χ2v) is 5.67. The van der Waals surface area contributed by atoms with Gasteiger partial charge >= 0.3 is 0 Å². The van der Waals surface area contributed by atoms with E-state index in [2.05, 4.69) is 5.32 Å². The highest BCUT2D eigenvalue weighted by molar-refractivity contribution is 6.04. The van der Waals surface area contributed by atoms with Crippen molar-refractivity contribution in [3.8, 4) is 0 Å². The van der Waals surface area contributed by atoms with E-state index in [9.17, 15) is 9.59 Å². The number of carbonyl (C=O) groups excluding carboxylic acids is 2. The first kappa shape index (κ1) is 13.1. The highest BCUT2D eigenvalue weighted by Crippen LogP contribution is 2.37.